The number of aromatic nitrogens is 2. The zero-order valence-corrected chi connectivity index (χ0v) is 25.0. The molecule has 9 heteroatoms. The molecule has 0 radical (unpaired) electrons. The fraction of sp³-hybridized carbons (Fsp3) is 0.364. The molecule has 0 bridgehead atoms. The first kappa shape index (κ1) is 29.3. The van der Waals surface area contributed by atoms with Crippen LogP contribution in [0.15, 0.2) is 65.8 Å². The van der Waals surface area contributed by atoms with Crippen LogP contribution in [-0.4, -0.2) is 71.0 Å². The molecule has 5 rings (SSSR count). The zero-order valence-electron chi connectivity index (χ0n) is 25.0. The van der Waals surface area contributed by atoms with Gasteiger partial charge in [0.15, 0.2) is 5.71 Å². The van der Waals surface area contributed by atoms with E-state index in [-0.39, 0.29) is 11.1 Å². The summed E-state index contributed by atoms with van der Waals surface area (Å²) in [6, 6.07) is 19.2. The number of carbonyl (C=O) groups excluding carboxylic acids is 1. The number of anilines is 1. The van der Waals surface area contributed by atoms with Crippen LogP contribution in [0.2, 0.25) is 0 Å². The molecule has 2 N–H and O–H groups in total. The lowest BCUT2D eigenvalue weighted by atomic mass is 9.90. The number of benzene rings is 3. The van der Waals surface area contributed by atoms with Crippen LogP contribution in [0.4, 0.5) is 5.82 Å². The number of nitrogens with one attached hydrogen (secondary N) is 1. The molecule has 0 unspecified atom stereocenters. The van der Waals surface area contributed by atoms with E-state index in [1.807, 2.05) is 68.4 Å². The van der Waals surface area contributed by atoms with Gasteiger partial charge >= 0.3 is 0 Å². The molecule has 1 aromatic heterocycles. The lowest BCUT2D eigenvalue weighted by Crippen LogP contribution is -2.38. The highest BCUT2D eigenvalue weighted by atomic mass is 16.5. The molecule has 1 aliphatic rings. The number of amides is 1. The maximum Gasteiger partial charge on any atom is 0.279 e. The van der Waals surface area contributed by atoms with Crippen molar-refractivity contribution in [1.29, 1.82) is 0 Å². The van der Waals surface area contributed by atoms with E-state index in [0.717, 1.165) is 66.1 Å². The van der Waals surface area contributed by atoms with E-state index in [9.17, 15) is 10.0 Å². The van der Waals surface area contributed by atoms with Gasteiger partial charge in [0.2, 0.25) is 0 Å². The van der Waals surface area contributed by atoms with Gasteiger partial charge in [0.1, 0.15) is 18.2 Å². The Labute approximate surface area is 246 Å². The molecule has 1 fully saturated rings. The standard InChI is InChI=1S/C33H39N5O4/c1-22-10-12-24(13-11-22)38-31(23(2)30(35-38)33(3,4)5)34-32(39)29(36-40)27-14-15-28(26-9-7-6-8-25(26)27)42-21-18-37-16-19-41-20-17-37/h6-15,40H,16-21H2,1-5H3,(H,34,39). The maximum atomic E-state index is 13.8. The van der Waals surface area contributed by atoms with Gasteiger partial charge in [-0.25, -0.2) is 4.68 Å². The summed E-state index contributed by atoms with van der Waals surface area (Å²) in [4.78, 5) is 16.1. The normalized spacial score (nSPS) is 14.7. The number of carbonyl (C=O) groups is 1. The lowest BCUT2D eigenvalue weighted by molar-refractivity contribution is -0.110. The van der Waals surface area contributed by atoms with Gasteiger partial charge in [-0.15, -0.1) is 0 Å². The van der Waals surface area contributed by atoms with E-state index < -0.39 is 5.91 Å². The molecule has 0 saturated carbocycles. The minimum atomic E-state index is -0.541. The van der Waals surface area contributed by atoms with E-state index >= 15 is 0 Å². The molecule has 42 heavy (non-hydrogen) atoms. The fourth-order valence-electron chi connectivity index (χ4n) is 5.33. The summed E-state index contributed by atoms with van der Waals surface area (Å²) in [6.45, 7) is 14.8. The van der Waals surface area contributed by atoms with Crippen molar-refractivity contribution < 1.29 is 19.5 Å². The van der Waals surface area contributed by atoms with Gasteiger partial charge in [0.25, 0.3) is 5.91 Å². The Balaban J connectivity index is 1.44. The zero-order chi connectivity index (χ0) is 29.9. The van der Waals surface area contributed by atoms with Crippen LogP contribution in [0, 0.1) is 13.8 Å². The second-order valence-electron chi connectivity index (χ2n) is 11.7. The molecule has 0 spiro atoms. The molecule has 1 aliphatic heterocycles. The van der Waals surface area contributed by atoms with Crippen molar-refractivity contribution in [3.8, 4) is 11.4 Å². The third-order valence-electron chi connectivity index (χ3n) is 7.57. The SMILES string of the molecule is Cc1ccc(-n2nc(C(C)(C)C)c(C)c2NC(=O)C(=NO)c2ccc(OCCN3CCOCC3)c3ccccc23)cc1. The van der Waals surface area contributed by atoms with Crippen LogP contribution in [0.3, 0.4) is 0 Å². The first-order valence-electron chi connectivity index (χ1n) is 14.3. The molecule has 3 aromatic carbocycles. The number of hydrogen-bond acceptors (Lipinski definition) is 7. The minimum absolute atomic E-state index is 0.0977. The summed E-state index contributed by atoms with van der Waals surface area (Å²) in [5, 5.41) is 23.1. The summed E-state index contributed by atoms with van der Waals surface area (Å²) in [6.07, 6.45) is 0. The summed E-state index contributed by atoms with van der Waals surface area (Å²) >= 11 is 0. The average Bonchev–Trinajstić information content (AvgIpc) is 3.31. The van der Waals surface area contributed by atoms with E-state index in [0.29, 0.717) is 23.7 Å². The van der Waals surface area contributed by atoms with Gasteiger partial charge in [0, 0.05) is 41.6 Å². The predicted molar refractivity (Wildman–Crippen MR) is 165 cm³/mol. The number of nitrogens with zero attached hydrogens (tertiary/aromatic N) is 4. The Bertz CT molecular complexity index is 1600. The quantitative estimate of drug-likeness (QED) is 0.166. The van der Waals surface area contributed by atoms with Crippen LogP contribution in [0.5, 0.6) is 5.75 Å². The van der Waals surface area contributed by atoms with Crippen molar-refractivity contribution in [1.82, 2.24) is 14.7 Å². The Morgan fingerprint density at radius 2 is 1.71 bits per heavy atom. The van der Waals surface area contributed by atoms with E-state index in [1.165, 1.54) is 0 Å². The number of aryl methyl sites for hydroxylation is 1. The summed E-state index contributed by atoms with van der Waals surface area (Å²) in [7, 11) is 0. The van der Waals surface area contributed by atoms with E-state index in [4.69, 9.17) is 14.6 Å². The largest absolute Gasteiger partial charge is 0.492 e. The van der Waals surface area contributed by atoms with Crippen molar-refractivity contribution in [2.24, 2.45) is 5.16 Å². The van der Waals surface area contributed by atoms with Crippen molar-refractivity contribution >= 4 is 28.2 Å². The second kappa shape index (κ2) is 12.3. The van der Waals surface area contributed by atoms with Crippen molar-refractivity contribution in [2.75, 3.05) is 44.8 Å². The molecule has 1 saturated heterocycles. The Morgan fingerprint density at radius 3 is 2.38 bits per heavy atom. The molecule has 4 aromatic rings. The smallest absolute Gasteiger partial charge is 0.279 e. The third kappa shape index (κ3) is 6.17. The summed E-state index contributed by atoms with van der Waals surface area (Å²) in [5.41, 5.74) is 3.81. The average molecular weight is 570 g/mol. The van der Waals surface area contributed by atoms with Gasteiger partial charge in [-0.1, -0.05) is 67.9 Å². The maximum absolute atomic E-state index is 13.8. The summed E-state index contributed by atoms with van der Waals surface area (Å²) in [5.74, 6) is 0.700. The molecule has 2 heterocycles. The fourth-order valence-corrected chi connectivity index (χ4v) is 5.33. The number of fused-ring (bicyclic) bond motifs is 1. The summed E-state index contributed by atoms with van der Waals surface area (Å²) < 4.78 is 13.3. The monoisotopic (exact) mass is 569 g/mol. The topological polar surface area (TPSA) is 101 Å². The molecule has 0 aliphatic carbocycles. The van der Waals surface area contributed by atoms with Crippen LogP contribution in [0.25, 0.3) is 16.5 Å². The molecule has 9 nitrogen and oxygen atoms in total. The number of ether oxygens (including phenoxy) is 2. The first-order valence-corrected chi connectivity index (χ1v) is 14.3. The Kier molecular flexibility index (Phi) is 8.61. The van der Waals surface area contributed by atoms with Crippen molar-refractivity contribution in [3.63, 3.8) is 0 Å². The predicted octanol–water partition coefficient (Wildman–Crippen LogP) is 5.47. The lowest BCUT2D eigenvalue weighted by Gasteiger charge is -2.26. The first-order chi connectivity index (χ1) is 20.2. The van der Waals surface area contributed by atoms with Gasteiger partial charge in [0.05, 0.1) is 24.6 Å². The van der Waals surface area contributed by atoms with E-state index in [2.05, 4.69) is 36.1 Å². The highest BCUT2D eigenvalue weighted by Gasteiger charge is 2.28. The number of hydrogen-bond donors (Lipinski definition) is 2. The van der Waals surface area contributed by atoms with Crippen molar-refractivity contribution in [2.45, 2.75) is 40.0 Å². The second-order valence-corrected chi connectivity index (χ2v) is 11.7. The van der Waals surface area contributed by atoms with Crippen LogP contribution in [-0.2, 0) is 14.9 Å². The number of morpholine rings is 1. The van der Waals surface area contributed by atoms with Gasteiger partial charge in [-0.3, -0.25) is 9.69 Å². The molecular weight excluding hydrogens is 530 g/mol. The molecular formula is C33H39N5O4. The highest BCUT2D eigenvalue weighted by Crippen LogP contribution is 2.33. The van der Waals surface area contributed by atoms with Gasteiger partial charge in [-0.05, 0) is 43.5 Å². The van der Waals surface area contributed by atoms with Crippen molar-refractivity contribution in [3.05, 3.63) is 83.0 Å². The van der Waals surface area contributed by atoms with E-state index in [1.54, 1.807) is 10.7 Å². The Hall–Kier alpha value is -4.21. The number of rotatable bonds is 8. The van der Waals surface area contributed by atoms with Crippen LogP contribution >= 0.6 is 0 Å². The number of oxime groups is 1. The van der Waals surface area contributed by atoms with Gasteiger partial charge < -0.3 is 20.0 Å². The minimum Gasteiger partial charge on any atom is -0.492 e. The van der Waals surface area contributed by atoms with Gasteiger partial charge in [-0.2, -0.15) is 5.10 Å². The molecule has 0 atom stereocenters. The van der Waals surface area contributed by atoms with Crippen LogP contribution in [0.1, 0.15) is 43.2 Å². The Morgan fingerprint density at radius 1 is 1.02 bits per heavy atom. The highest BCUT2D eigenvalue weighted by molar-refractivity contribution is 6.50. The third-order valence-corrected chi connectivity index (χ3v) is 7.57. The van der Waals surface area contributed by atoms with Crippen LogP contribution < -0.4 is 10.1 Å². The molecule has 1 amide bonds. The molecule has 220 valence electrons.